The van der Waals surface area contributed by atoms with Gasteiger partial charge in [0.2, 0.25) is 5.78 Å². The summed E-state index contributed by atoms with van der Waals surface area (Å²) in [7, 11) is 0. The minimum absolute atomic E-state index is 0.0544. The lowest BCUT2D eigenvalue weighted by Crippen LogP contribution is -2.31. The summed E-state index contributed by atoms with van der Waals surface area (Å²) >= 11 is 8.30. The van der Waals surface area contributed by atoms with Crippen molar-refractivity contribution >= 4 is 56.9 Å². The summed E-state index contributed by atoms with van der Waals surface area (Å²) in [5.74, 6) is -2.04. The molecule has 164 valence electrons. The average molecular weight is 488 g/mol. The van der Waals surface area contributed by atoms with Crippen LogP contribution in [0.2, 0.25) is 5.02 Å². The Bertz CT molecular complexity index is 1310. The Hall–Kier alpha value is -2.88. The summed E-state index contributed by atoms with van der Waals surface area (Å²) in [6.45, 7) is 6.60. The monoisotopic (exact) mass is 487 g/mol. The van der Waals surface area contributed by atoms with Gasteiger partial charge in [0.25, 0.3) is 5.91 Å². The molecule has 1 unspecified atom stereocenters. The average Bonchev–Trinajstić information content (AvgIpc) is 3.36. The van der Waals surface area contributed by atoms with Crippen LogP contribution in [0.1, 0.15) is 54.3 Å². The fourth-order valence-corrected chi connectivity index (χ4v) is 5.66. The predicted octanol–water partition coefficient (Wildman–Crippen LogP) is 5.16. The van der Waals surface area contributed by atoms with E-state index in [0.717, 1.165) is 11.3 Å². The maximum absolute atomic E-state index is 13.5. The molecule has 1 aliphatic rings. The lowest BCUT2D eigenvalue weighted by molar-refractivity contribution is -0.117. The zero-order valence-corrected chi connectivity index (χ0v) is 20.0. The van der Waals surface area contributed by atoms with E-state index < -0.39 is 23.5 Å². The minimum Gasteiger partial charge on any atom is -0.503 e. The Morgan fingerprint density at radius 2 is 1.66 bits per heavy atom. The number of aliphatic hydroxyl groups excluding tert-OH is 1. The second-order valence-electron chi connectivity index (χ2n) is 7.34. The molecule has 1 amide bonds. The van der Waals surface area contributed by atoms with Crippen molar-refractivity contribution in [1.29, 1.82) is 0 Å². The second-order valence-corrected chi connectivity index (χ2v) is 9.95. The summed E-state index contributed by atoms with van der Waals surface area (Å²) in [6.07, 6.45) is 0. The topological polar surface area (TPSA) is 100 Å². The Balaban J connectivity index is 1.90. The molecule has 0 bridgehead atoms. The van der Waals surface area contributed by atoms with Gasteiger partial charge >= 0.3 is 0 Å². The number of Topliss-reactive ketones (excluding diaryl/α,β-unsaturated/α-hetero) is 2. The summed E-state index contributed by atoms with van der Waals surface area (Å²) in [5, 5.41) is 12.2. The van der Waals surface area contributed by atoms with Gasteiger partial charge in [-0.25, -0.2) is 9.97 Å². The molecule has 1 atom stereocenters. The van der Waals surface area contributed by atoms with Crippen molar-refractivity contribution in [3.8, 4) is 0 Å². The van der Waals surface area contributed by atoms with Gasteiger partial charge in [0.05, 0.1) is 37.8 Å². The van der Waals surface area contributed by atoms with Crippen LogP contribution in [0.25, 0.3) is 0 Å². The van der Waals surface area contributed by atoms with Crippen molar-refractivity contribution in [2.75, 3.05) is 4.90 Å². The van der Waals surface area contributed by atoms with Crippen LogP contribution in [0.4, 0.5) is 5.13 Å². The molecule has 0 spiro atoms. The summed E-state index contributed by atoms with van der Waals surface area (Å²) in [4.78, 5) is 49.4. The zero-order chi connectivity index (χ0) is 23.3. The molecule has 10 heteroatoms. The van der Waals surface area contributed by atoms with Crippen molar-refractivity contribution in [1.82, 2.24) is 9.97 Å². The van der Waals surface area contributed by atoms with E-state index in [1.54, 1.807) is 45.0 Å². The summed E-state index contributed by atoms with van der Waals surface area (Å²) in [6, 6.07) is 5.74. The van der Waals surface area contributed by atoms with E-state index >= 15 is 0 Å². The smallest absolute Gasteiger partial charge is 0.296 e. The van der Waals surface area contributed by atoms with Crippen LogP contribution in [0.3, 0.4) is 0 Å². The number of hydrogen-bond donors (Lipinski definition) is 1. The van der Waals surface area contributed by atoms with E-state index in [1.807, 2.05) is 0 Å². The highest BCUT2D eigenvalue weighted by molar-refractivity contribution is 7.17. The van der Waals surface area contributed by atoms with Gasteiger partial charge in [-0.1, -0.05) is 35.1 Å². The molecule has 0 aliphatic carbocycles. The van der Waals surface area contributed by atoms with Gasteiger partial charge in [-0.2, -0.15) is 0 Å². The maximum Gasteiger partial charge on any atom is 0.296 e. The van der Waals surface area contributed by atoms with Crippen LogP contribution in [0, 0.1) is 20.8 Å². The molecule has 7 nitrogen and oxygen atoms in total. The Morgan fingerprint density at radius 3 is 2.19 bits per heavy atom. The molecule has 2 aromatic heterocycles. The number of aliphatic hydroxyl groups is 1. The molecule has 3 aromatic rings. The lowest BCUT2D eigenvalue weighted by Gasteiger charge is -2.24. The highest BCUT2D eigenvalue weighted by Gasteiger charge is 2.46. The number of halogens is 1. The number of nitrogens with zero attached hydrogens (tertiary/aromatic N) is 3. The number of ketones is 2. The van der Waals surface area contributed by atoms with E-state index in [1.165, 1.54) is 23.2 Å². The molecular weight excluding hydrogens is 470 g/mol. The van der Waals surface area contributed by atoms with Gasteiger partial charge in [-0.05, 0) is 38.5 Å². The Labute approximate surface area is 197 Å². The lowest BCUT2D eigenvalue weighted by atomic mass is 9.95. The van der Waals surface area contributed by atoms with E-state index in [4.69, 9.17) is 11.6 Å². The van der Waals surface area contributed by atoms with E-state index in [-0.39, 0.29) is 16.5 Å². The van der Waals surface area contributed by atoms with Crippen molar-refractivity contribution < 1.29 is 19.5 Å². The SMILES string of the molecule is CC(=O)c1sc(N2C(=O)C(O)=C(C(=O)c3sc(C)nc3C)C2c2ccc(Cl)cc2)nc1C. The molecule has 0 radical (unpaired) electrons. The minimum atomic E-state index is -0.931. The standard InChI is InChI=1S/C22H18ClN3O4S2/c1-9-19(11(3)27)32-22(25-9)26-16(13-5-7-14(23)8-6-13)15(18(29)21(26)30)17(28)20-10(2)24-12(4)31-20/h5-8,16,29H,1-4H3. The van der Waals surface area contributed by atoms with Gasteiger partial charge in [0, 0.05) is 11.9 Å². The number of aromatic nitrogens is 2. The van der Waals surface area contributed by atoms with E-state index in [2.05, 4.69) is 9.97 Å². The van der Waals surface area contributed by atoms with Crippen LogP contribution in [0.15, 0.2) is 35.6 Å². The summed E-state index contributed by atoms with van der Waals surface area (Å²) in [5.41, 5.74) is 1.53. The van der Waals surface area contributed by atoms with Gasteiger partial charge in [0.15, 0.2) is 16.7 Å². The zero-order valence-electron chi connectivity index (χ0n) is 17.6. The molecule has 0 saturated carbocycles. The first kappa shape index (κ1) is 22.3. The number of benzene rings is 1. The van der Waals surface area contributed by atoms with Crippen LogP contribution >= 0.6 is 34.3 Å². The van der Waals surface area contributed by atoms with Gasteiger partial charge in [0.1, 0.15) is 0 Å². The number of thiazole rings is 2. The fourth-order valence-electron chi connectivity index (χ4n) is 3.67. The number of rotatable bonds is 5. The van der Waals surface area contributed by atoms with Crippen LogP contribution in [-0.4, -0.2) is 32.5 Å². The molecule has 32 heavy (non-hydrogen) atoms. The van der Waals surface area contributed by atoms with E-state index in [0.29, 0.717) is 36.7 Å². The van der Waals surface area contributed by atoms with Crippen molar-refractivity contribution in [3.63, 3.8) is 0 Å². The van der Waals surface area contributed by atoms with Crippen molar-refractivity contribution in [2.24, 2.45) is 0 Å². The third kappa shape index (κ3) is 3.66. The largest absolute Gasteiger partial charge is 0.503 e. The Morgan fingerprint density at radius 1 is 1.03 bits per heavy atom. The molecule has 1 N–H and O–H groups in total. The summed E-state index contributed by atoms with van der Waals surface area (Å²) < 4.78 is 0. The maximum atomic E-state index is 13.5. The fraction of sp³-hybridized carbons (Fsp3) is 0.227. The first-order valence-corrected chi connectivity index (χ1v) is 11.6. The molecule has 4 rings (SSSR count). The number of amides is 1. The highest BCUT2D eigenvalue weighted by atomic mass is 35.5. The first-order chi connectivity index (χ1) is 15.1. The van der Waals surface area contributed by atoms with Crippen LogP contribution in [-0.2, 0) is 4.79 Å². The number of anilines is 1. The first-order valence-electron chi connectivity index (χ1n) is 9.59. The van der Waals surface area contributed by atoms with Crippen molar-refractivity contribution in [2.45, 2.75) is 33.7 Å². The quantitative estimate of drug-likeness (QED) is 0.498. The molecular formula is C22H18ClN3O4S2. The number of carbonyl (C=O) groups excluding carboxylic acids is 3. The molecule has 0 fully saturated rings. The number of hydrogen-bond acceptors (Lipinski definition) is 8. The third-order valence-corrected chi connectivity index (χ3v) is 7.64. The molecule has 1 aromatic carbocycles. The second kappa shape index (κ2) is 8.23. The molecule has 3 heterocycles. The predicted molar refractivity (Wildman–Crippen MR) is 124 cm³/mol. The van der Waals surface area contributed by atoms with Crippen molar-refractivity contribution in [3.05, 3.63) is 72.3 Å². The normalized spacial score (nSPS) is 16.2. The number of aryl methyl sites for hydroxylation is 3. The molecule has 1 aliphatic heterocycles. The molecule has 0 saturated heterocycles. The van der Waals surface area contributed by atoms with Gasteiger partial charge < -0.3 is 5.11 Å². The Kier molecular flexibility index (Phi) is 5.74. The third-order valence-electron chi connectivity index (χ3n) is 5.06. The van der Waals surface area contributed by atoms with E-state index in [9.17, 15) is 19.5 Å². The van der Waals surface area contributed by atoms with Crippen LogP contribution in [0.5, 0.6) is 0 Å². The van der Waals surface area contributed by atoms with Crippen LogP contribution < -0.4 is 4.90 Å². The van der Waals surface area contributed by atoms with Gasteiger partial charge in [-0.15, -0.1) is 11.3 Å². The van der Waals surface area contributed by atoms with Gasteiger partial charge in [-0.3, -0.25) is 19.3 Å². The number of carbonyl (C=O) groups is 3. The highest BCUT2D eigenvalue weighted by Crippen LogP contribution is 2.44.